The van der Waals surface area contributed by atoms with Gasteiger partial charge in [-0.05, 0) is 94.5 Å². The molecule has 0 unspecified atom stereocenters. The number of ether oxygens (including phenoxy) is 8. The van der Waals surface area contributed by atoms with Gasteiger partial charge in [0, 0.05) is 64.5 Å². The number of halogens is 3. The van der Waals surface area contributed by atoms with Gasteiger partial charge < -0.3 is 147 Å². The molecule has 0 spiro atoms. The van der Waals surface area contributed by atoms with Crippen molar-refractivity contribution in [2.24, 2.45) is 16.6 Å². The van der Waals surface area contributed by atoms with E-state index in [4.69, 9.17) is 84.8 Å². The summed E-state index contributed by atoms with van der Waals surface area (Å²) in [6, 6.07) is 23.8. The average Bonchev–Trinajstić information content (AvgIpc) is 1.61. The van der Waals surface area contributed by atoms with Gasteiger partial charge in [0.25, 0.3) is 5.91 Å². The number of nitrogens with two attached hydrogens (primary N) is 3. The second-order valence-corrected chi connectivity index (χ2v) is 38.5. The molecular weight excluding hydrogens is 1950 g/mol. The van der Waals surface area contributed by atoms with Crippen LogP contribution in [0.4, 0.5) is 16.0 Å². The number of hydrogen-bond donors (Lipinski definition) is 17. The fraction of sp³-hybridized carbons (Fsp3) is 0.474. The van der Waals surface area contributed by atoms with E-state index in [1.807, 2.05) is 88.7 Å². The fourth-order valence-electron chi connectivity index (χ4n) is 16.2. The number of benzene rings is 4. The summed E-state index contributed by atoms with van der Waals surface area (Å²) in [7, 11) is -1.00. The number of nitrogens with one attached hydrogen (secondary N) is 5. The second kappa shape index (κ2) is 51.7. The Morgan fingerprint density at radius 1 is 0.531 bits per heavy atom. The number of aliphatic carboxylic acids is 1. The molecule has 10 heterocycles. The number of thiazole rings is 2. The lowest BCUT2D eigenvalue weighted by molar-refractivity contribution is -0.144. The molecule has 7 amide bonds. The van der Waals surface area contributed by atoms with Crippen molar-refractivity contribution in [3.8, 4) is 32.4 Å². The zero-order chi connectivity index (χ0) is 105. The molecule has 14 rings (SSSR count). The van der Waals surface area contributed by atoms with E-state index in [9.17, 15) is 83.6 Å². The number of carbonyl (C=O) groups is 8. The lowest BCUT2D eigenvalue weighted by atomic mass is 9.85. The number of amides is 7. The summed E-state index contributed by atoms with van der Waals surface area (Å²) in [6.45, 7) is 15.3. The molecule has 20 N–H and O–H groups in total. The molecule has 4 saturated heterocycles. The number of nitrogens with zero attached hydrogens (tertiary/aromatic N) is 10. The van der Waals surface area contributed by atoms with Crippen LogP contribution in [0.3, 0.4) is 0 Å². The van der Waals surface area contributed by atoms with Gasteiger partial charge in [0.1, 0.15) is 133 Å². The zero-order valence-electron chi connectivity index (χ0n) is 80.6. The highest BCUT2D eigenvalue weighted by molar-refractivity contribution is 7.13. The van der Waals surface area contributed by atoms with Gasteiger partial charge >= 0.3 is 5.97 Å². The van der Waals surface area contributed by atoms with E-state index in [1.165, 1.54) is 68.0 Å². The number of carbonyl (C=O) groups excluding carboxylic acids is 7. The van der Waals surface area contributed by atoms with E-state index < -0.39 is 170 Å². The monoisotopic (exact) mass is 2070 g/mol. The second-order valence-electron chi connectivity index (χ2n) is 36.0. The van der Waals surface area contributed by atoms with Gasteiger partial charge in [-0.1, -0.05) is 125 Å². The minimum Gasteiger partial charge on any atom is -0.482 e. The molecule has 0 saturated carbocycles. The van der Waals surface area contributed by atoms with Gasteiger partial charge in [-0.3, -0.25) is 38.0 Å². The predicted octanol–water partition coefficient (Wildman–Crippen LogP) is 4.08. The summed E-state index contributed by atoms with van der Waals surface area (Å²) in [4.78, 5) is 133. The molecule has 6 aromatic heterocycles. The molecule has 16 atom stereocenters. The highest BCUT2D eigenvalue weighted by Gasteiger charge is 2.51. The normalized spacial score (nSPS) is 20.8. The van der Waals surface area contributed by atoms with Crippen molar-refractivity contribution in [1.29, 1.82) is 0 Å². The molecule has 774 valence electrons. The maximum atomic E-state index is 13.9. The molecule has 4 fully saturated rings. The van der Waals surface area contributed by atoms with Crippen molar-refractivity contribution in [2.45, 2.75) is 179 Å². The molecule has 143 heavy (non-hydrogen) atoms. The topological polar surface area (TPSA) is 624 Å². The van der Waals surface area contributed by atoms with E-state index in [0.717, 1.165) is 43.4 Å². The van der Waals surface area contributed by atoms with Crippen LogP contribution < -0.4 is 53.3 Å². The molecule has 0 radical (unpaired) electrons. The lowest BCUT2D eigenvalue weighted by Gasteiger charge is -2.35. The predicted molar refractivity (Wildman–Crippen MR) is 523 cm³/mol. The number of alkyl halides is 1. The van der Waals surface area contributed by atoms with Crippen LogP contribution in [0.15, 0.2) is 133 Å². The average molecular weight is 2070 g/mol. The molecular formula is C95H121Cl2FN18O25S2. The number of carboxylic acid groups (broad SMARTS) is 1. The van der Waals surface area contributed by atoms with Crippen molar-refractivity contribution < 1.29 is 128 Å². The van der Waals surface area contributed by atoms with Crippen LogP contribution in [0.25, 0.3) is 42.9 Å². The minimum absolute atomic E-state index is 0.0112. The van der Waals surface area contributed by atoms with Crippen LogP contribution in [0, 0.1) is 24.7 Å². The maximum absolute atomic E-state index is 13.9. The van der Waals surface area contributed by atoms with Crippen LogP contribution in [0.2, 0.25) is 10.0 Å². The number of rotatable bonds is 39. The van der Waals surface area contributed by atoms with E-state index in [0.29, 0.717) is 41.8 Å². The van der Waals surface area contributed by atoms with Crippen molar-refractivity contribution >= 4 is 127 Å². The Morgan fingerprint density at radius 2 is 0.930 bits per heavy atom. The number of aromatic nitrogens is 8. The van der Waals surface area contributed by atoms with Crippen LogP contribution in [0.5, 0.6) is 11.5 Å². The fourth-order valence-corrected chi connectivity index (χ4v) is 18.1. The molecule has 0 bridgehead atoms. The summed E-state index contributed by atoms with van der Waals surface area (Å²) >= 11 is 15.5. The third-order valence-electron chi connectivity index (χ3n) is 23.6. The first-order chi connectivity index (χ1) is 68.6. The molecule has 43 nitrogen and oxygen atoms in total. The van der Waals surface area contributed by atoms with Crippen molar-refractivity contribution in [3.05, 3.63) is 177 Å². The highest BCUT2D eigenvalue weighted by Crippen LogP contribution is 2.43. The van der Waals surface area contributed by atoms with Gasteiger partial charge in [0.15, 0.2) is 25.7 Å². The standard InChI is InChI=1S/C47H58ClN9O12S.C28H41N5O6S.C19H19ClN4O7.CH3F/c1-25-40(70-24-54-25)27-7-5-26(6-8-27)19-51-44(64)32-18-29(58)20-57(32)45(65)41(47(2,3)4)55-35(60)21-67-16-15-66-14-12-50-34(59)22-68-33-17-28(9-10-31(33)48)36(61)39-37(62)38(63)46(69-39)56-13-11-30-42(49)52-23-53-43(30)56;1-18-24(40-17-31-18)20-7-5-19(6-8-20)14-30-26(36)22-13-21(34)15-33(22)27(37)25(28(2,3)4)32-23(35)16-39-12-11-38-10-9-29;20-10-2-1-8(5-11(10)30-6-12(25)26)13(27)16-14(28)15(29)19(31-16)24-4-3-9-17(21)22-7-23-18(9)24;1-2/h5-11,13,17,23-24,29,32,36-39,41,46,58,61-63H,12,14-16,18-22H2,1-4H3,(H,50,59)(H,51,64)(H,55,60)(H2,49,52,53);5-8,17,21-22,25,34H,9-16,29H2,1-4H3,(H,30,36)(H,32,35);1-5,7,13-16,19,27-29H,6H2,(H,25,26)(H2,21,22,23);1H3/t29-,32+,36-,37+,38-,39-,41-,46-;21-,22+,25-;13-,14+,15-,16-,19-;/m111./s1/i;;;1D. The molecule has 4 aliphatic heterocycles. The van der Waals surface area contributed by atoms with Gasteiger partial charge in [0.2, 0.25) is 35.4 Å². The number of fused-ring (bicyclic) bond motifs is 2. The Hall–Kier alpha value is -11.8. The Balaban J connectivity index is 0.000000224. The third-order valence-corrected chi connectivity index (χ3v) is 26.1. The summed E-state index contributed by atoms with van der Waals surface area (Å²) in [5.74, 6) is -3.76. The van der Waals surface area contributed by atoms with E-state index in [-0.39, 0.29) is 135 Å². The van der Waals surface area contributed by atoms with Crippen molar-refractivity contribution in [1.82, 2.24) is 75.4 Å². The van der Waals surface area contributed by atoms with Gasteiger partial charge in [-0.2, -0.15) is 0 Å². The number of anilines is 2. The minimum atomic E-state index is -1.49. The SMILES string of the molecule is Cc1ncsc1-c1ccc(CNC(=O)[C@@H]2C[C@@H](O)CN2C(=O)[C@@H](NC(=O)COCCOCCN)C(C)(C)C)cc1.Cc1ncsc1-c1ccc(CNC(=O)[C@@H]2C[C@@H](O)CN2C(=O)[C@@H](NC(=O)COCCOCCNC(=O)COc2cc([C@@H](O)[C@H]3O[C@@H](n4ccc5c(N)ncnc54)[C@H](O)[C@@H]3O)ccc2Cl)C(C)(C)C)cc1.Nc1ncnc2c1ccn2[C@@H]1O[C@H]([C@H](O)c2ccc(Cl)c(OCC(=O)O)c2)[C@@H](O)[C@H]1O.[2H]CF. The van der Waals surface area contributed by atoms with E-state index in [2.05, 4.69) is 56.5 Å². The summed E-state index contributed by atoms with van der Waals surface area (Å²) in [5, 5.41) is 110. The number of likely N-dealkylation sites (tertiary alicyclic amines) is 2. The van der Waals surface area contributed by atoms with Crippen LogP contribution in [0.1, 0.15) is 114 Å². The number of aliphatic hydroxyl groups is 8. The lowest BCUT2D eigenvalue weighted by Crippen LogP contribution is -2.58. The van der Waals surface area contributed by atoms with Crippen molar-refractivity contribution in [3.63, 3.8) is 0 Å². The van der Waals surface area contributed by atoms with E-state index >= 15 is 0 Å². The van der Waals surface area contributed by atoms with Crippen LogP contribution >= 0.6 is 45.9 Å². The molecule has 4 aromatic carbocycles. The molecule has 10 aromatic rings. The largest absolute Gasteiger partial charge is 0.482 e. The van der Waals surface area contributed by atoms with Crippen LogP contribution in [-0.2, 0) is 79.9 Å². The first-order valence-electron chi connectivity index (χ1n) is 46.1. The van der Waals surface area contributed by atoms with Gasteiger partial charge in [-0.15, -0.1) is 22.7 Å². The molecule has 0 aliphatic carbocycles. The summed E-state index contributed by atoms with van der Waals surface area (Å²) < 4.78 is 62.6. The summed E-state index contributed by atoms with van der Waals surface area (Å²) in [6.07, 6.45) is -9.01. The smallest absolute Gasteiger partial charge is 0.341 e. The Bertz CT molecular complexity index is 5990. The quantitative estimate of drug-likeness (QED) is 0.0241. The molecule has 48 heteroatoms. The Labute approximate surface area is 841 Å². The zero-order valence-corrected chi connectivity index (χ0v) is 82.7. The van der Waals surface area contributed by atoms with E-state index in [1.54, 1.807) is 73.5 Å². The summed E-state index contributed by atoms with van der Waals surface area (Å²) in [5.41, 5.74) is 26.4. The van der Waals surface area contributed by atoms with Crippen molar-refractivity contribution in [2.75, 3.05) is 111 Å². The number of aliphatic hydroxyl groups excluding tert-OH is 8. The number of carboxylic acids is 1. The first kappa shape index (κ1) is 110. The Morgan fingerprint density at radius 3 is 1.31 bits per heavy atom. The first-order valence-corrected chi connectivity index (χ1v) is 48.0. The number of β-amino-alcohol motifs (C(OH)–C–C–N with tert-alkyl or cyclic N) is 2. The van der Waals surface area contributed by atoms with Crippen LogP contribution in [-0.4, -0.2) is 315 Å². The number of aryl methyl sites for hydroxylation is 2. The maximum Gasteiger partial charge on any atom is 0.341 e. The third kappa shape index (κ3) is 29.1. The van der Waals surface area contributed by atoms with Gasteiger partial charge in [-0.25, -0.2) is 34.7 Å². The highest BCUT2D eigenvalue weighted by atomic mass is 35.5. The Kier molecular flexibility index (Phi) is 39.7. The number of nitrogen functional groups attached to an aromatic ring is 2. The molecule has 4 aliphatic rings. The number of hydrogen-bond acceptors (Lipinski definition) is 35. The van der Waals surface area contributed by atoms with Gasteiger partial charge in [0.05, 0.1) is 113 Å².